The van der Waals surface area contributed by atoms with E-state index in [4.69, 9.17) is 10.5 Å². The molecule has 9 nitrogen and oxygen atoms in total. The molecule has 0 spiro atoms. The maximum Gasteiger partial charge on any atom is 0.221 e. The van der Waals surface area contributed by atoms with Gasteiger partial charge < -0.3 is 15.0 Å². The second-order valence-corrected chi connectivity index (χ2v) is 6.94. The Hall–Kier alpha value is -4.41. The van der Waals surface area contributed by atoms with Gasteiger partial charge in [-0.15, -0.1) is 5.10 Å². The number of para-hydroxylation sites is 1. The molecule has 0 aliphatic rings. The first-order chi connectivity index (χ1) is 15.5. The number of aromatic nitrogens is 7. The molecule has 0 fully saturated rings. The highest BCUT2D eigenvalue weighted by Gasteiger charge is 2.20. The molecular weight excluding hydrogens is 418 g/mol. The number of nitrogens with two attached hydrogens (primary N) is 1. The number of ether oxygens (including phenoxy) is 1. The number of methoxy groups -OCH3 is 1. The average Bonchev–Trinajstić information content (AvgIpc) is 3.40. The van der Waals surface area contributed by atoms with Crippen LogP contribution in [0.25, 0.3) is 27.8 Å². The Bertz CT molecular complexity index is 1450. The van der Waals surface area contributed by atoms with Crippen LogP contribution in [-0.4, -0.2) is 41.6 Å². The van der Waals surface area contributed by atoms with Gasteiger partial charge in [-0.05, 0) is 18.2 Å². The van der Waals surface area contributed by atoms with Gasteiger partial charge in [0.2, 0.25) is 5.88 Å². The summed E-state index contributed by atoms with van der Waals surface area (Å²) < 4.78 is 36.5. The molecule has 0 atom stereocenters. The average molecular weight is 434 g/mol. The molecule has 0 aliphatic carbocycles. The minimum absolute atomic E-state index is 0.227. The van der Waals surface area contributed by atoms with Crippen LogP contribution in [0.5, 0.6) is 5.88 Å². The van der Waals surface area contributed by atoms with Gasteiger partial charge in [0.1, 0.15) is 40.8 Å². The summed E-state index contributed by atoms with van der Waals surface area (Å²) in [5.74, 6) is -0.474. The number of halogens is 2. The van der Waals surface area contributed by atoms with E-state index in [-0.39, 0.29) is 23.9 Å². The van der Waals surface area contributed by atoms with E-state index >= 15 is 0 Å². The zero-order chi connectivity index (χ0) is 22.2. The fourth-order valence-electron chi connectivity index (χ4n) is 3.55. The predicted octanol–water partition coefficient (Wildman–Crippen LogP) is 2.99. The van der Waals surface area contributed by atoms with E-state index in [1.54, 1.807) is 35.2 Å². The Morgan fingerprint density at radius 3 is 2.72 bits per heavy atom. The van der Waals surface area contributed by atoms with E-state index in [9.17, 15) is 8.78 Å². The van der Waals surface area contributed by atoms with Crippen molar-refractivity contribution < 1.29 is 13.5 Å². The highest BCUT2D eigenvalue weighted by atomic mass is 19.1. The fourth-order valence-corrected chi connectivity index (χ4v) is 3.55. The number of hydrogen-bond donors (Lipinski definition) is 1. The quantitative estimate of drug-likeness (QED) is 0.453. The zero-order valence-corrected chi connectivity index (χ0v) is 16.8. The van der Waals surface area contributed by atoms with Crippen LogP contribution in [0.1, 0.15) is 5.69 Å². The monoisotopic (exact) mass is 434 g/mol. The minimum Gasteiger partial charge on any atom is -0.481 e. The van der Waals surface area contributed by atoms with Crippen LogP contribution >= 0.6 is 0 Å². The smallest absolute Gasteiger partial charge is 0.221 e. The third-order valence-electron chi connectivity index (χ3n) is 4.96. The maximum atomic E-state index is 14.1. The van der Waals surface area contributed by atoms with Crippen molar-refractivity contribution in [2.45, 2.75) is 6.54 Å². The summed E-state index contributed by atoms with van der Waals surface area (Å²) in [5, 5.41) is 8.69. The van der Waals surface area contributed by atoms with Crippen molar-refractivity contribution in [1.29, 1.82) is 0 Å². The number of nitrogen functional groups attached to an aromatic ring is 1. The molecule has 0 saturated carbocycles. The van der Waals surface area contributed by atoms with E-state index in [0.717, 1.165) is 6.20 Å². The van der Waals surface area contributed by atoms with Crippen molar-refractivity contribution in [2.75, 3.05) is 12.8 Å². The van der Waals surface area contributed by atoms with Gasteiger partial charge in [0.05, 0.1) is 31.4 Å². The van der Waals surface area contributed by atoms with E-state index in [1.807, 2.05) is 0 Å². The van der Waals surface area contributed by atoms with Crippen molar-refractivity contribution in [1.82, 2.24) is 34.5 Å². The molecule has 32 heavy (non-hydrogen) atoms. The summed E-state index contributed by atoms with van der Waals surface area (Å²) in [6, 6.07) is 7.58. The van der Waals surface area contributed by atoms with E-state index in [2.05, 4.69) is 25.3 Å². The molecule has 5 rings (SSSR count). The third-order valence-corrected chi connectivity index (χ3v) is 4.96. The Labute approximate surface area is 180 Å². The lowest BCUT2D eigenvalue weighted by atomic mass is 10.1. The maximum absolute atomic E-state index is 14.1. The number of hydrogen-bond acceptors (Lipinski definition) is 7. The van der Waals surface area contributed by atoms with Gasteiger partial charge >= 0.3 is 0 Å². The largest absolute Gasteiger partial charge is 0.481 e. The summed E-state index contributed by atoms with van der Waals surface area (Å²) in [7, 11) is 1.45. The number of fused-ring (bicyclic) bond motifs is 1. The van der Waals surface area contributed by atoms with Gasteiger partial charge in [-0.1, -0.05) is 17.3 Å². The molecule has 0 amide bonds. The van der Waals surface area contributed by atoms with Gasteiger partial charge in [-0.25, -0.2) is 28.4 Å². The molecule has 0 aliphatic heterocycles. The summed E-state index contributed by atoms with van der Waals surface area (Å²) in [6.07, 6.45) is 5.78. The Morgan fingerprint density at radius 2 is 1.91 bits per heavy atom. The van der Waals surface area contributed by atoms with Gasteiger partial charge in [-0.2, -0.15) is 0 Å². The van der Waals surface area contributed by atoms with Crippen LogP contribution in [0.3, 0.4) is 0 Å². The zero-order valence-electron chi connectivity index (χ0n) is 16.8. The Balaban J connectivity index is 1.61. The van der Waals surface area contributed by atoms with Crippen LogP contribution in [0.4, 0.5) is 14.6 Å². The first kappa shape index (κ1) is 19.5. The highest BCUT2D eigenvalue weighted by Crippen LogP contribution is 2.37. The van der Waals surface area contributed by atoms with Crippen molar-refractivity contribution in [2.24, 2.45) is 0 Å². The number of anilines is 1. The standard InChI is InChI=1S/C21H16F2N8O/c1-32-21-14(6-12(22)7-25-21)15-10-30(20-18(15)19(24)26-11-27-20)8-13-9-31(29-28-13)17-5-3-2-4-16(17)23/h2-7,9-11H,8H2,1H3,(H2,24,26,27). The van der Waals surface area contributed by atoms with Gasteiger partial charge in [0.15, 0.2) is 0 Å². The molecule has 160 valence electrons. The van der Waals surface area contributed by atoms with Crippen LogP contribution in [0.15, 0.2) is 55.2 Å². The normalized spacial score (nSPS) is 11.2. The highest BCUT2D eigenvalue weighted by molar-refractivity contribution is 6.01. The lowest BCUT2D eigenvalue weighted by Crippen LogP contribution is -2.01. The topological polar surface area (TPSA) is 110 Å². The molecule has 11 heteroatoms. The second-order valence-electron chi connectivity index (χ2n) is 6.94. The molecule has 4 heterocycles. The fraction of sp³-hybridized carbons (Fsp3) is 0.0952. The van der Waals surface area contributed by atoms with Crippen LogP contribution in [0.2, 0.25) is 0 Å². The van der Waals surface area contributed by atoms with E-state index < -0.39 is 11.6 Å². The summed E-state index contributed by atoms with van der Waals surface area (Å²) in [5.41, 5.74) is 8.45. The number of benzene rings is 1. The molecule has 0 bridgehead atoms. The molecular formula is C21H16F2N8O. The van der Waals surface area contributed by atoms with Crippen molar-refractivity contribution in [3.05, 3.63) is 72.6 Å². The van der Waals surface area contributed by atoms with Crippen molar-refractivity contribution in [3.63, 3.8) is 0 Å². The molecule has 0 radical (unpaired) electrons. The van der Waals surface area contributed by atoms with Crippen molar-refractivity contribution >= 4 is 16.9 Å². The minimum atomic E-state index is -0.523. The van der Waals surface area contributed by atoms with Crippen molar-refractivity contribution in [3.8, 4) is 22.7 Å². The van der Waals surface area contributed by atoms with Crippen LogP contribution in [0, 0.1) is 11.6 Å². The Morgan fingerprint density at radius 1 is 1.06 bits per heavy atom. The molecule has 0 saturated heterocycles. The van der Waals surface area contributed by atoms with Crippen LogP contribution < -0.4 is 10.5 Å². The molecule has 4 aromatic heterocycles. The molecule has 2 N–H and O–H groups in total. The third kappa shape index (κ3) is 3.29. The lowest BCUT2D eigenvalue weighted by Gasteiger charge is -2.06. The van der Waals surface area contributed by atoms with Gasteiger partial charge in [0.25, 0.3) is 0 Å². The number of pyridine rings is 1. The number of rotatable bonds is 5. The van der Waals surface area contributed by atoms with Gasteiger partial charge in [-0.3, -0.25) is 0 Å². The van der Waals surface area contributed by atoms with Gasteiger partial charge in [0, 0.05) is 17.3 Å². The molecule has 0 unspecified atom stereocenters. The van der Waals surface area contributed by atoms with E-state index in [1.165, 1.54) is 30.3 Å². The predicted molar refractivity (Wildman–Crippen MR) is 112 cm³/mol. The summed E-state index contributed by atoms with van der Waals surface area (Å²) in [4.78, 5) is 12.4. The first-order valence-corrected chi connectivity index (χ1v) is 9.50. The van der Waals surface area contributed by atoms with Crippen LogP contribution in [-0.2, 0) is 6.54 Å². The van der Waals surface area contributed by atoms with E-state index in [0.29, 0.717) is 27.9 Å². The molecule has 1 aromatic carbocycles. The molecule has 5 aromatic rings. The Kier molecular flexibility index (Phi) is 4.70. The lowest BCUT2D eigenvalue weighted by molar-refractivity contribution is 0.398. The second kappa shape index (κ2) is 7.69. The summed E-state index contributed by atoms with van der Waals surface area (Å²) >= 11 is 0. The SMILES string of the molecule is COc1ncc(F)cc1-c1cn(Cc2cn(-c3ccccc3F)nn2)c2ncnc(N)c12. The first-order valence-electron chi connectivity index (χ1n) is 9.50. The summed E-state index contributed by atoms with van der Waals surface area (Å²) in [6.45, 7) is 0.256. The number of nitrogens with zero attached hydrogens (tertiary/aromatic N) is 7.